The maximum Gasteiger partial charge on any atom is 0.235 e. The van der Waals surface area contributed by atoms with Gasteiger partial charge in [0.1, 0.15) is 0 Å². The number of carbonyl (C=O) groups excluding carboxylic acids is 1. The van der Waals surface area contributed by atoms with Crippen molar-refractivity contribution >= 4 is 6.41 Å². The second kappa shape index (κ2) is 4.24. The van der Waals surface area contributed by atoms with Gasteiger partial charge in [0, 0.05) is 0 Å². The highest BCUT2D eigenvalue weighted by Crippen LogP contribution is 1.96. The first-order valence-corrected chi connectivity index (χ1v) is 2.99. The van der Waals surface area contributed by atoms with E-state index < -0.39 is 6.23 Å². The van der Waals surface area contributed by atoms with Crippen LogP contribution in [0.15, 0.2) is 0 Å². The number of aliphatic hydroxyl groups is 1. The lowest BCUT2D eigenvalue weighted by atomic mass is 10.5. The van der Waals surface area contributed by atoms with E-state index in [9.17, 15) is 4.79 Å². The Morgan fingerprint density at radius 2 is 2.20 bits per heavy atom. The highest BCUT2D eigenvalue weighted by molar-refractivity contribution is 5.45. The van der Waals surface area contributed by atoms with Gasteiger partial charge in [-0.05, 0) is 20.8 Å². The van der Waals surface area contributed by atoms with Crippen LogP contribution in [0.5, 0.6) is 0 Å². The smallest absolute Gasteiger partial charge is 0.235 e. The van der Waals surface area contributed by atoms with Gasteiger partial charge in [-0.1, -0.05) is 0 Å². The van der Waals surface area contributed by atoms with Crippen LogP contribution in [0.2, 0.25) is 0 Å². The molecular formula is C6H12NO3. The molecular weight excluding hydrogens is 134 g/mol. The van der Waals surface area contributed by atoms with Crippen LogP contribution in [-0.4, -0.2) is 28.9 Å². The molecule has 1 amide bonds. The number of aliphatic hydroxyl groups excluding tert-OH is 1. The molecule has 1 unspecified atom stereocenters. The van der Waals surface area contributed by atoms with Gasteiger partial charge < -0.3 is 5.11 Å². The summed E-state index contributed by atoms with van der Waals surface area (Å²) in [5, 5.41) is 9.47. The monoisotopic (exact) mass is 146 g/mol. The summed E-state index contributed by atoms with van der Waals surface area (Å²) in [6.45, 7) is 6.69. The quantitative estimate of drug-likeness (QED) is 0.343. The van der Waals surface area contributed by atoms with Gasteiger partial charge in [-0.15, -0.1) is 0 Å². The van der Waals surface area contributed by atoms with Crippen LogP contribution in [0.4, 0.5) is 0 Å². The molecule has 0 bridgehead atoms. The van der Waals surface area contributed by atoms with Crippen molar-refractivity contribution < 1.29 is 14.7 Å². The molecule has 1 N–H and O–H groups in total. The topological polar surface area (TPSA) is 49.8 Å². The first-order valence-electron chi connectivity index (χ1n) is 2.99. The summed E-state index contributed by atoms with van der Waals surface area (Å²) >= 11 is 0. The van der Waals surface area contributed by atoms with E-state index in [1.807, 2.05) is 0 Å². The summed E-state index contributed by atoms with van der Waals surface area (Å²) in [6, 6.07) is 0. The van der Waals surface area contributed by atoms with Gasteiger partial charge in [-0.2, -0.15) is 5.06 Å². The number of hydrogen-bond acceptors (Lipinski definition) is 3. The molecule has 4 heteroatoms. The molecule has 0 heterocycles. The number of rotatable bonds is 4. The van der Waals surface area contributed by atoms with Crippen molar-refractivity contribution in [3.63, 3.8) is 0 Å². The lowest BCUT2D eigenvalue weighted by Gasteiger charge is -2.21. The molecule has 1 radical (unpaired) electrons. The van der Waals surface area contributed by atoms with E-state index in [2.05, 4.69) is 6.92 Å². The molecule has 0 fully saturated rings. The third-order valence-electron chi connectivity index (χ3n) is 0.730. The number of amides is 1. The molecule has 0 aliphatic heterocycles. The third kappa shape index (κ3) is 3.42. The second-order valence-electron chi connectivity index (χ2n) is 2.10. The maximum absolute atomic E-state index is 10.1. The predicted molar refractivity (Wildman–Crippen MR) is 35.5 cm³/mol. The van der Waals surface area contributed by atoms with E-state index in [1.165, 1.54) is 0 Å². The first-order chi connectivity index (χ1) is 4.57. The minimum Gasteiger partial charge on any atom is -0.371 e. The van der Waals surface area contributed by atoms with Crippen molar-refractivity contribution in [2.75, 3.05) is 0 Å². The van der Waals surface area contributed by atoms with E-state index in [0.717, 1.165) is 5.06 Å². The third-order valence-corrected chi connectivity index (χ3v) is 0.730. The summed E-state index contributed by atoms with van der Waals surface area (Å²) < 4.78 is 0. The molecule has 0 rings (SSSR count). The summed E-state index contributed by atoms with van der Waals surface area (Å²) in [5.41, 5.74) is 0. The minimum absolute atomic E-state index is 0.137. The Bertz CT molecular complexity index is 103. The average molecular weight is 146 g/mol. The summed E-state index contributed by atoms with van der Waals surface area (Å²) in [7, 11) is 0. The Hall–Kier alpha value is -0.610. The van der Waals surface area contributed by atoms with Gasteiger partial charge >= 0.3 is 0 Å². The molecule has 0 aromatic carbocycles. The molecule has 4 nitrogen and oxygen atoms in total. The van der Waals surface area contributed by atoms with Crippen LogP contribution < -0.4 is 0 Å². The second-order valence-corrected chi connectivity index (χ2v) is 2.10. The van der Waals surface area contributed by atoms with Crippen LogP contribution in [0.1, 0.15) is 13.8 Å². The van der Waals surface area contributed by atoms with Crippen molar-refractivity contribution in [3.8, 4) is 0 Å². The van der Waals surface area contributed by atoms with Crippen molar-refractivity contribution in [3.05, 3.63) is 6.92 Å². The predicted octanol–water partition coefficient (Wildman–Crippen LogP) is -0.0627. The van der Waals surface area contributed by atoms with Gasteiger partial charge in [0.05, 0.1) is 6.10 Å². The van der Waals surface area contributed by atoms with Crippen LogP contribution in [0.25, 0.3) is 0 Å². The van der Waals surface area contributed by atoms with E-state index in [0.29, 0.717) is 6.41 Å². The minimum atomic E-state index is -1.14. The van der Waals surface area contributed by atoms with Gasteiger partial charge in [-0.3, -0.25) is 9.63 Å². The van der Waals surface area contributed by atoms with Crippen LogP contribution in [-0.2, 0) is 9.63 Å². The Balaban J connectivity index is 3.71. The Kier molecular flexibility index (Phi) is 3.99. The maximum atomic E-state index is 10.1. The Morgan fingerprint density at radius 1 is 1.70 bits per heavy atom. The molecule has 0 aromatic rings. The fourth-order valence-corrected chi connectivity index (χ4v) is 0.409. The highest BCUT2D eigenvalue weighted by Gasteiger charge is 2.09. The fraction of sp³-hybridized carbons (Fsp3) is 0.667. The molecule has 59 valence electrons. The number of carbonyl (C=O) groups is 1. The van der Waals surface area contributed by atoms with E-state index in [1.54, 1.807) is 13.8 Å². The van der Waals surface area contributed by atoms with Crippen molar-refractivity contribution in [1.29, 1.82) is 0 Å². The molecule has 0 spiro atoms. The normalized spacial score (nSPS) is 13.3. The van der Waals surface area contributed by atoms with E-state index >= 15 is 0 Å². The van der Waals surface area contributed by atoms with Crippen molar-refractivity contribution in [2.45, 2.75) is 26.2 Å². The SMILES string of the molecule is [CH2]C(O)N(C=O)OC(C)C. The Morgan fingerprint density at radius 3 is 2.30 bits per heavy atom. The van der Waals surface area contributed by atoms with E-state index in [4.69, 9.17) is 9.94 Å². The van der Waals surface area contributed by atoms with Crippen molar-refractivity contribution in [1.82, 2.24) is 5.06 Å². The largest absolute Gasteiger partial charge is 0.371 e. The zero-order chi connectivity index (χ0) is 8.15. The van der Waals surface area contributed by atoms with Crippen LogP contribution in [0, 0.1) is 6.92 Å². The van der Waals surface area contributed by atoms with Gasteiger partial charge in [-0.25, -0.2) is 0 Å². The average Bonchev–Trinajstić information content (AvgIpc) is 1.81. The zero-order valence-electron chi connectivity index (χ0n) is 6.15. The molecule has 0 saturated carbocycles. The number of nitrogens with zero attached hydrogens (tertiary/aromatic N) is 1. The molecule has 0 aliphatic carbocycles. The number of hydrogen-bond donors (Lipinski definition) is 1. The van der Waals surface area contributed by atoms with Gasteiger partial charge in [0.15, 0.2) is 6.23 Å². The molecule has 0 aliphatic rings. The van der Waals surface area contributed by atoms with Gasteiger partial charge in [0.25, 0.3) is 0 Å². The lowest BCUT2D eigenvalue weighted by molar-refractivity contribution is -0.227. The van der Waals surface area contributed by atoms with Gasteiger partial charge in [0.2, 0.25) is 6.41 Å². The van der Waals surface area contributed by atoms with Crippen LogP contribution in [0.3, 0.4) is 0 Å². The molecule has 0 saturated heterocycles. The van der Waals surface area contributed by atoms with E-state index in [-0.39, 0.29) is 6.10 Å². The first kappa shape index (κ1) is 9.39. The molecule has 0 aromatic heterocycles. The summed E-state index contributed by atoms with van der Waals surface area (Å²) in [6.07, 6.45) is -0.890. The molecule has 1 atom stereocenters. The van der Waals surface area contributed by atoms with Crippen molar-refractivity contribution in [2.24, 2.45) is 0 Å². The standard InChI is InChI=1S/C6H12NO3/c1-5(2)10-7(4-8)6(3)9/h4-6,9H,3H2,1-2H3. The zero-order valence-corrected chi connectivity index (χ0v) is 6.15. The lowest BCUT2D eigenvalue weighted by Crippen LogP contribution is -2.34. The summed E-state index contributed by atoms with van der Waals surface area (Å²) in [5.74, 6) is 0. The number of hydroxylamine groups is 2. The summed E-state index contributed by atoms with van der Waals surface area (Å²) in [4.78, 5) is 14.9. The fourth-order valence-electron chi connectivity index (χ4n) is 0.409. The highest BCUT2D eigenvalue weighted by atomic mass is 16.7. The van der Waals surface area contributed by atoms with Crippen LogP contribution >= 0.6 is 0 Å². The molecule has 10 heavy (non-hydrogen) atoms. The Labute approximate surface area is 60.3 Å².